The van der Waals surface area contributed by atoms with Crippen LogP contribution < -0.4 is 0 Å². The summed E-state index contributed by atoms with van der Waals surface area (Å²) in [7, 11) is 0. The van der Waals surface area contributed by atoms with Gasteiger partial charge in [-0.25, -0.2) is 4.98 Å². The van der Waals surface area contributed by atoms with Crippen molar-refractivity contribution in [2.45, 2.75) is 26.9 Å². The summed E-state index contributed by atoms with van der Waals surface area (Å²) in [5, 5.41) is 15.9. The fourth-order valence-electron chi connectivity index (χ4n) is 0.757. The molecule has 0 amide bonds. The molecule has 0 saturated heterocycles. The largest absolute Gasteiger partial charge is 0.385 e. The molecule has 0 aliphatic carbocycles. The van der Waals surface area contributed by atoms with Crippen LogP contribution in [0.2, 0.25) is 0 Å². The molecular weight excluding hydrogens is 142 g/mol. The number of hydrogen-bond donors (Lipinski definition) is 2. The number of aromatic amines is 1. The van der Waals surface area contributed by atoms with Gasteiger partial charge in [-0.05, 0) is 5.41 Å². The number of H-pyrrole nitrogens is 1. The molecule has 0 bridgehead atoms. The first kappa shape index (κ1) is 8.20. The third-order valence-electron chi connectivity index (χ3n) is 1.51. The molecule has 0 saturated carbocycles. The molecule has 0 aromatic carbocycles. The minimum absolute atomic E-state index is 0.195. The second kappa shape index (κ2) is 2.62. The third kappa shape index (κ3) is 1.77. The maximum atomic E-state index is 9.61. The number of aromatic nitrogens is 3. The number of aliphatic hydroxyl groups is 1. The number of nitrogens with zero attached hydrogens (tertiary/aromatic N) is 2. The quantitative estimate of drug-likeness (QED) is 0.633. The minimum Gasteiger partial charge on any atom is -0.385 e. The van der Waals surface area contributed by atoms with Crippen LogP contribution in [0.5, 0.6) is 0 Å². The highest BCUT2D eigenvalue weighted by molar-refractivity contribution is 4.92. The maximum Gasteiger partial charge on any atom is 0.153 e. The van der Waals surface area contributed by atoms with Gasteiger partial charge in [0.2, 0.25) is 0 Å². The molecular formula is C7H13N3O. The van der Waals surface area contributed by atoms with E-state index in [2.05, 4.69) is 15.2 Å². The molecule has 1 unspecified atom stereocenters. The van der Waals surface area contributed by atoms with Crippen LogP contribution in [0.1, 0.15) is 32.7 Å². The monoisotopic (exact) mass is 155 g/mol. The predicted molar refractivity (Wildman–Crippen MR) is 40.8 cm³/mol. The zero-order valence-corrected chi connectivity index (χ0v) is 7.00. The van der Waals surface area contributed by atoms with Crippen LogP contribution in [-0.2, 0) is 0 Å². The summed E-state index contributed by atoms with van der Waals surface area (Å²) in [4.78, 5) is 3.87. The van der Waals surface area contributed by atoms with Crippen molar-refractivity contribution in [3.8, 4) is 0 Å². The summed E-state index contributed by atoms with van der Waals surface area (Å²) in [6.45, 7) is 5.83. The Morgan fingerprint density at radius 2 is 2.18 bits per heavy atom. The van der Waals surface area contributed by atoms with E-state index >= 15 is 0 Å². The predicted octanol–water partition coefficient (Wildman–Crippen LogP) is 0.884. The van der Waals surface area contributed by atoms with Gasteiger partial charge in [0.1, 0.15) is 12.4 Å². The van der Waals surface area contributed by atoms with Gasteiger partial charge in [0.05, 0.1) is 0 Å². The molecule has 2 N–H and O–H groups in total. The lowest BCUT2D eigenvalue weighted by atomic mass is 9.89. The zero-order chi connectivity index (χ0) is 8.48. The highest BCUT2D eigenvalue weighted by atomic mass is 16.3. The van der Waals surface area contributed by atoms with Crippen LogP contribution in [0.15, 0.2) is 6.33 Å². The van der Waals surface area contributed by atoms with E-state index in [0.717, 1.165) is 0 Å². The van der Waals surface area contributed by atoms with E-state index in [1.165, 1.54) is 6.33 Å². The first-order valence-corrected chi connectivity index (χ1v) is 3.55. The van der Waals surface area contributed by atoms with E-state index in [1.807, 2.05) is 20.8 Å². The second-order valence-electron chi connectivity index (χ2n) is 3.64. The third-order valence-corrected chi connectivity index (χ3v) is 1.51. The van der Waals surface area contributed by atoms with E-state index in [0.29, 0.717) is 5.82 Å². The molecule has 0 aliphatic rings. The standard InChI is InChI=1S/C7H13N3O/c1-7(2,3)5(11)6-8-4-9-10-6/h4-5,11H,1-3H3,(H,8,9,10). The topological polar surface area (TPSA) is 61.8 Å². The van der Waals surface area contributed by atoms with Crippen molar-refractivity contribution in [2.24, 2.45) is 5.41 Å². The maximum absolute atomic E-state index is 9.61. The Balaban J connectivity index is 2.78. The molecule has 4 heteroatoms. The molecule has 1 rings (SSSR count). The average Bonchev–Trinajstić information content (AvgIpc) is 2.34. The Morgan fingerprint density at radius 3 is 2.55 bits per heavy atom. The summed E-state index contributed by atoms with van der Waals surface area (Å²) in [6.07, 6.45) is 0.814. The van der Waals surface area contributed by atoms with Crippen LogP contribution in [-0.4, -0.2) is 20.3 Å². The van der Waals surface area contributed by atoms with E-state index in [4.69, 9.17) is 0 Å². The Labute approximate surface area is 65.7 Å². The first-order chi connectivity index (χ1) is 5.02. The van der Waals surface area contributed by atoms with Crippen molar-refractivity contribution >= 4 is 0 Å². The Bertz CT molecular complexity index is 212. The molecule has 0 aliphatic heterocycles. The van der Waals surface area contributed by atoms with E-state index in [-0.39, 0.29) is 5.41 Å². The minimum atomic E-state index is -0.579. The summed E-state index contributed by atoms with van der Waals surface area (Å²) >= 11 is 0. The number of aliphatic hydroxyl groups excluding tert-OH is 1. The van der Waals surface area contributed by atoms with E-state index < -0.39 is 6.10 Å². The lowest BCUT2D eigenvalue weighted by molar-refractivity contribution is 0.0552. The summed E-state index contributed by atoms with van der Waals surface area (Å²) in [5.41, 5.74) is -0.195. The van der Waals surface area contributed by atoms with Gasteiger partial charge in [-0.1, -0.05) is 20.8 Å². The van der Waals surface area contributed by atoms with Gasteiger partial charge in [0, 0.05) is 0 Å². The van der Waals surface area contributed by atoms with Gasteiger partial charge < -0.3 is 5.11 Å². The summed E-state index contributed by atoms with van der Waals surface area (Å²) in [5.74, 6) is 0.525. The van der Waals surface area contributed by atoms with Crippen LogP contribution in [0.3, 0.4) is 0 Å². The van der Waals surface area contributed by atoms with Crippen LogP contribution in [0.4, 0.5) is 0 Å². The van der Waals surface area contributed by atoms with Gasteiger partial charge in [-0.15, -0.1) is 0 Å². The molecule has 1 atom stereocenters. The van der Waals surface area contributed by atoms with E-state index in [1.54, 1.807) is 0 Å². The van der Waals surface area contributed by atoms with Gasteiger partial charge in [-0.3, -0.25) is 5.10 Å². The normalized spacial score (nSPS) is 14.9. The molecule has 0 radical (unpaired) electrons. The van der Waals surface area contributed by atoms with Gasteiger partial charge >= 0.3 is 0 Å². The molecule has 1 heterocycles. The lowest BCUT2D eigenvalue weighted by Crippen LogP contribution is -2.18. The Kier molecular flexibility index (Phi) is 1.95. The molecule has 4 nitrogen and oxygen atoms in total. The van der Waals surface area contributed by atoms with Gasteiger partial charge in [0.25, 0.3) is 0 Å². The molecule has 0 fully saturated rings. The molecule has 0 spiro atoms. The smallest absolute Gasteiger partial charge is 0.153 e. The highest BCUT2D eigenvalue weighted by Crippen LogP contribution is 2.29. The second-order valence-corrected chi connectivity index (χ2v) is 3.64. The summed E-state index contributed by atoms with van der Waals surface area (Å²) < 4.78 is 0. The van der Waals surface area contributed by atoms with Crippen molar-refractivity contribution < 1.29 is 5.11 Å². The van der Waals surface area contributed by atoms with Gasteiger partial charge in [0.15, 0.2) is 5.82 Å². The Morgan fingerprint density at radius 1 is 1.55 bits per heavy atom. The number of nitrogens with one attached hydrogen (secondary N) is 1. The van der Waals surface area contributed by atoms with Crippen LogP contribution in [0.25, 0.3) is 0 Å². The first-order valence-electron chi connectivity index (χ1n) is 3.55. The van der Waals surface area contributed by atoms with Crippen molar-refractivity contribution in [2.75, 3.05) is 0 Å². The molecule has 1 aromatic heterocycles. The van der Waals surface area contributed by atoms with Crippen molar-refractivity contribution in [1.82, 2.24) is 15.2 Å². The SMILES string of the molecule is CC(C)(C)C(O)c1ncn[nH]1. The molecule has 1 aromatic rings. The number of rotatable bonds is 1. The fourth-order valence-corrected chi connectivity index (χ4v) is 0.757. The van der Waals surface area contributed by atoms with Gasteiger partial charge in [-0.2, -0.15) is 5.10 Å². The Hall–Kier alpha value is -0.900. The van der Waals surface area contributed by atoms with Crippen molar-refractivity contribution in [1.29, 1.82) is 0 Å². The van der Waals surface area contributed by atoms with Crippen LogP contribution >= 0.6 is 0 Å². The van der Waals surface area contributed by atoms with Crippen LogP contribution in [0, 0.1) is 5.41 Å². The average molecular weight is 155 g/mol. The molecule has 11 heavy (non-hydrogen) atoms. The van der Waals surface area contributed by atoms with Crippen molar-refractivity contribution in [3.63, 3.8) is 0 Å². The molecule has 62 valence electrons. The zero-order valence-electron chi connectivity index (χ0n) is 7.00. The number of hydrogen-bond acceptors (Lipinski definition) is 3. The highest BCUT2D eigenvalue weighted by Gasteiger charge is 2.25. The fraction of sp³-hybridized carbons (Fsp3) is 0.714. The van der Waals surface area contributed by atoms with Crippen molar-refractivity contribution in [3.05, 3.63) is 12.2 Å². The lowest BCUT2D eigenvalue weighted by Gasteiger charge is -2.23. The summed E-state index contributed by atoms with van der Waals surface area (Å²) in [6, 6.07) is 0. The van der Waals surface area contributed by atoms with E-state index in [9.17, 15) is 5.11 Å².